The van der Waals surface area contributed by atoms with Crippen LogP contribution in [0.4, 0.5) is 11.4 Å². The van der Waals surface area contributed by atoms with Crippen molar-refractivity contribution in [3.8, 4) is 5.75 Å². The summed E-state index contributed by atoms with van der Waals surface area (Å²) in [7, 11) is -3.65. The van der Waals surface area contributed by atoms with E-state index >= 15 is 0 Å². The van der Waals surface area contributed by atoms with Crippen molar-refractivity contribution in [3.63, 3.8) is 0 Å². The Morgan fingerprint density at radius 2 is 1.67 bits per heavy atom. The zero-order chi connectivity index (χ0) is 20.0. The molecule has 27 heavy (non-hydrogen) atoms. The zero-order valence-electron chi connectivity index (χ0n) is 16.0. The van der Waals surface area contributed by atoms with Crippen LogP contribution in [0.2, 0.25) is 0 Å². The van der Waals surface area contributed by atoms with Crippen LogP contribution in [0.5, 0.6) is 5.75 Å². The topological polar surface area (TPSA) is 75.7 Å². The monoisotopic (exact) mass is 390 g/mol. The molecule has 0 saturated carbocycles. The molecule has 0 aromatic heterocycles. The standard InChI is InChI=1S/C20H26N2O4S/c1-5-18(22(27(4,24)25)16-11-7-6-8-12-16)20(23)21-17-13-9-10-14-19(17)26-15(2)3/h6-15,18H,5H2,1-4H3,(H,21,23). The molecular weight excluding hydrogens is 364 g/mol. The Morgan fingerprint density at radius 3 is 2.22 bits per heavy atom. The van der Waals surface area contributed by atoms with Gasteiger partial charge in [0, 0.05) is 0 Å². The first kappa shape index (κ1) is 20.8. The largest absolute Gasteiger partial charge is 0.489 e. The van der Waals surface area contributed by atoms with Crippen LogP contribution in [0, 0.1) is 0 Å². The molecule has 0 radical (unpaired) electrons. The SMILES string of the molecule is CCC(C(=O)Nc1ccccc1OC(C)C)N(c1ccccc1)S(C)(=O)=O. The van der Waals surface area contributed by atoms with Gasteiger partial charge in [0.15, 0.2) is 0 Å². The van der Waals surface area contributed by atoms with Crippen LogP contribution >= 0.6 is 0 Å². The average Bonchev–Trinajstić information content (AvgIpc) is 2.60. The smallest absolute Gasteiger partial charge is 0.248 e. The molecule has 1 atom stereocenters. The number of sulfonamides is 1. The third kappa shape index (κ3) is 5.47. The molecule has 1 amide bonds. The van der Waals surface area contributed by atoms with Crippen LogP contribution in [0.15, 0.2) is 54.6 Å². The van der Waals surface area contributed by atoms with Gasteiger partial charge in [-0.05, 0) is 44.5 Å². The number of carbonyl (C=O) groups excluding carboxylic acids is 1. The molecule has 146 valence electrons. The van der Waals surface area contributed by atoms with E-state index in [4.69, 9.17) is 4.74 Å². The Kier molecular flexibility index (Phi) is 6.85. The normalized spacial score (nSPS) is 12.5. The third-order valence-electron chi connectivity index (χ3n) is 3.85. The minimum absolute atomic E-state index is 0.0538. The molecule has 6 nitrogen and oxygen atoms in total. The van der Waals surface area contributed by atoms with Crippen molar-refractivity contribution in [2.24, 2.45) is 0 Å². The average molecular weight is 391 g/mol. The number of para-hydroxylation sites is 3. The summed E-state index contributed by atoms with van der Waals surface area (Å²) >= 11 is 0. The van der Waals surface area contributed by atoms with Crippen LogP contribution in [-0.2, 0) is 14.8 Å². The summed E-state index contributed by atoms with van der Waals surface area (Å²) in [6.07, 6.45) is 1.37. The van der Waals surface area contributed by atoms with Crippen molar-refractivity contribution in [2.75, 3.05) is 15.9 Å². The van der Waals surface area contributed by atoms with E-state index in [0.717, 1.165) is 10.6 Å². The molecule has 2 aromatic rings. The number of nitrogens with zero attached hydrogens (tertiary/aromatic N) is 1. The fraction of sp³-hybridized carbons (Fsp3) is 0.350. The minimum atomic E-state index is -3.65. The van der Waals surface area contributed by atoms with Gasteiger partial charge >= 0.3 is 0 Å². The summed E-state index contributed by atoms with van der Waals surface area (Å²) in [5.41, 5.74) is 0.963. The number of carbonyl (C=O) groups is 1. The molecule has 7 heteroatoms. The van der Waals surface area contributed by atoms with Crippen molar-refractivity contribution >= 4 is 27.3 Å². The molecule has 0 spiro atoms. The van der Waals surface area contributed by atoms with Crippen molar-refractivity contribution in [2.45, 2.75) is 39.3 Å². The Morgan fingerprint density at radius 1 is 1.07 bits per heavy atom. The van der Waals surface area contributed by atoms with Crippen LogP contribution in [-0.4, -0.2) is 32.7 Å². The van der Waals surface area contributed by atoms with Crippen molar-refractivity contribution < 1.29 is 17.9 Å². The Bertz CT molecular complexity index is 867. The van der Waals surface area contributed by atoms with E-state index in [9.17, 15) is 13.2 Å². The van der Waals surface area contributed by atoms with Gasteiger partial charge in [0.2, 0.25) is 15.9 Å². The van der Waals surface area contributed by atoms with Gasteiger partial charge in [0.1, 0.15) is 11.8 Å². The summed E-state index contributed by atoms with van der Waals surface area (Å²) in [6.45, 7) is 5.57. The number of nitrogens with one attached hydrogen (secondary N) is 1. The highest BCUT2D eigenvalue weighted by molar-refractivity contribution is 7.92. The number of amides is 1. The van der Waals surface area contributed by atoms with E-state index < -0.39 is 22.0 Å². The molecule has 0 fully saturated rings. The molecule has 0 aliphatic carbocycles. The highest BCUT2D eigenvalue weighted by Crippen LogP contribution is 2.27. The number of ether oxygens (including phenoxy) is 1. The molecule has 0 aliphatic rings. The van der Waals surface area contributed by atoms with Crippen LogP contribution in [0.1, 0.15) is 27.2 Å². The van der Waals surface area contributed by atoms with Gasteiger partial charge in [0.25, 0.3) is 0 Å². The van der Waals surface area contributed by atoms with E-state index in [-0.39, 0.29) is 6.10 Å². The number of benzene rings is 2. The van der Waals surface area contributed by atoms with Crippen LogP contribution < -0.4 is 14.4 Å². The second-order valence-electron chi connectivity index (χ2n) is 6.47. The summed E-state index contributed by atoms with van der Waals surface area (Å²) in [4.78, 5) is 13.0. The lowest BCUT2D eigenvalue weighted by Gasteiger charge is -2.30. The molecule has 2 aromatic carbocycles. The molecule has 1 unspecified atom stereocenters. The first-order valence-corrected chi connectivity index (χ1v) is 10.7. The molecule has 0 saturated heterocycles. The maximum absolute atomic E-state index is 13.0. The van der Waals surface area contributed by atoms with E-state index in [1.807, 2.05) is 19.9 Å². The third-order valence-corrected chi connectivity index (χ3v) is 5.03. The summed E-state index contributed by atoms with van der Waals surface area (Å²) < 4.78 is 31.7. The predicted octanol–water partition coefficient (Wildman–Crippen LogP) is 3.66. The van der Waals surface area contributed by atoms with Gasteiger partial charge in [-0.15, -0.1) is 0 Å². The lowest BCUT2D eigenvalue weighted by Crippen LogP contribution is -2.47. The van der Waals surface area contributed by atoms with Gasteiger partial charge in [-0.3, -0.25) is 9.10 Å². The highest BCUT2D eigenvalue weighted by atomic mass is 32.2. The highest BCUT2D eigenvalue weighted by Gasteiger charge is 2.31. The Hall–Kier alpha value is -2.54. The van der Waals surface area contributed by atoms with Crippen LogP contribution in [0.25, 0.3) is 0 Å². The summed E-state index contributed by atoms with van der Waals surface area (Å²) in [5.74, 6) is 0.132. The van der Waals surface area contributed by atoms with E-state index in [2.05, 4.69) is 5.32 Å². The van der Waals surface area contributed by atoms with E-state index in [1.54, 1.807) is 55.5 Å². The predicted molar refractivity (Wildman–Crippen MR) is 109 cm³/mol. The Labute approximate surface area is 161 Å². The zero-order valence-corrected chi connectivity index (χ0v) is 16.9. The van der Waals surface area contributed by atoms with Crippen molar-refractivity contribution in [1.82, 2.24) is 0 Å². The first-order chi connectivity index (χ1) is 12.7. The molecule has 0 aliphatic heterocycles. The van der Waals surface area contributed by atoms with Gasteiger partial charge in [-0.25, -0.2) is 8.42 Å². The second kappa shape index (κ2) is 8.90. The van der Waals surface area contributed by atoms with E-state index in [0.29, 0.717) is 23.5 Å². The number of hydrogen-bond donors (Lipinski definition) is 1. The maximum atomic E-state index is 13.0. The lowest BCUT2D eigenvalue weighted by molar-refractivity contribution is -0.117. The summed E-state index contributed by atoms with van der Waals surface area (Å²) in [5, 5.41) is 2.82. The minimum Gasteiger partial charge on any atom is -0.489 e. The number of anilines is 2. The lowest BCUT2D eigenvalue weighted by atomic mass is 10.1. The molecule has 1 N–H and O–H groups in total. The van der Waals surface area contributed by atoms with Crippen LogP contribution in [0.3, 0.4) is 0 Å². The van der Waals surface area contributed by atoms with E-state index in [1.165, 1.54) is 0 Å². The van der Waals surface area contributed by atoms with Crippen molar-refractivity contribution in [1.29, 1.82) is 0 Å². The number of hydrogen-bond acceptors (Lipinski definition) is 4. The first-order valence-electron chi connectivity index (χ1n) is 8.85. The number of rotatable bonds is 8. The summed E-state index contributed by atoms with van der Waals surface area (Å²) in [6, 6.07) is 14.8. The Balaban J connectivity index is 2.35. The quantitative estimate of drug-likeness (QED) is 0.746. The van der Waals surface area contributed by atoms with Gasteiger partial charge in [-0.1, -0.05) is 37.3 Å². The van der Waals surface area contributed by atoms with Gasteiger partial charge in [0.05, 0.1) is 23.7 Å². The fourth-order valence-electron chi connectivity index (χ4n) is 2.78. The van der Waals surface area contributed by atoms with Crippen molar-refractivity contribution in [3.05, 3.63) is 54.6 Å². The molecule has 2 rings (SSSR count). The van der Waals surface area contributed by atoms with Gasteiger partial charge < -0.3 is 10.1 Å². The molecule has 0 heterocycles. The molecule has 0 bridgehead atoms. The maximum Gasteiger partial charge on any atom is 0.248 e. The van der Waals surface area contributed by atoms with Gasteiger partial charge in [-0.2, -0.15) is 0 Å². The molecular formula is C20H26N2O4S. The second-order valence-corrected chi connectivity index (χ2v) is 8.33. The fourth-order valence-corrected chi connectivity index (χ4v) is 3.99.